The van der Waals surface area contributed by atoms with Crippen molar-refractivity contribution in [2.24, 2.45) is 5.41 Å². The summed E-state index contributed by atoms with van der Waals surface area (Å²) in [6.07, 6.45) is 0.255. The summed E-state index contributed by atoms with van der Waals surface area (Å²) in [5.41, 5.74) is 2.25. The van der Waals surface area contributed by atoms with Gasteiger partial charge in [0.15, 0.2) is 5.41 Å². The molecule has 35 heavy (non-hydrogen) atoms. The Morgan fingerprint density at radius 1 is 0.829 bits per heavy atom. The number of anilines is 2. The largest absolute Gasteiger partial charge is 0.364 e. The van der Waals surface area contributed by atoms with Crippen LogP contribution in [0.2, 0.25) is 0 Å². The number of barbiturate groups is 1. The summed E-state index contributed by atoms with van der Waals surface area (Å²) in [5.74, 6) is -0.964. The zero-order valence-corrected chi connectivity index (χ0v) is 19.3. The van der Waals surface area contributed by atoms with Crippen molar-refractivity contribution in [2.75, 3.05) is 29.4 Å². The molecule has 2 atom stereocenters. The summed E-state index contributed by atoms with van der Waals surface area (Å²) in [5, 5.41) is 2.53. The lowest BCUT2D eigenvalue weighted by Crippen LogP contribution is -2.75. The average Bonchev–Trinajstić information content (AvgIpc) is 2.88. The van der Waals surface area contributed by atoms with Gasteiger partial charge in [-0.3, -0.25) is 19.8 Å². The second-order valence-electron chi connectivity index (χ2n) is 9.44. The van der Waals surface area contributed by atoms with Crippen LogP contribution < -0.4 is 15.1 Å². The van der Waals surface area contributed by atoms with E-state index < -0.39 is 29.3 Å². The summed E-state index contributed by atoms with van der Waals surface area (Å²) in [4.78, 5) is 46.5. The highest BCUT2D eigenvalue weighted by Crippen LogP contribution is 2.46. The number of benzene rings is 3. The van der Waals surface area contributed by atoms with Crippen molar-refractivity contribution in [2.45, 2.75) is 19.0 Å². The summed E-state index contributed by atoms with van der Waals surface area (Å²) < 4.78 is 0. The maximum absolute atomic E-state index is 14.3. The van der Waals surface area contributed by atoms with Crippen molar-refractivity contribution in [1.29, 1.82) is 0 Å². The number of rotatable bonds is 3. The van der Waals surface area contributed by atoms with Gasteiger partial charge in [0, 0.05) is 31.9 Å². The van der Waals surface area contributed by atoms with E-state index in [9.17, 15) is 14.4 Å². The van der Waals surface area contributed by atoms with Crippen LogP contribution in [0.1, 0.15) is 11.1 Å². The summed E-state index contributed by atoms with van der Waals surface area (Å²) >= 11 is 0. The molecule has 3 aliphatic rings. The number of imide groups is 2. The van der Waals surface area contributed by atoms with Crippen LogP contribution in [0.3, 0.4) is 0 Å². The average molecular weight is 467 g/mol. The lowest BCUT2D eigenvalue weighted by Gasteiger charge is -2.55. The second-order valence-corrected chi connectivity index (χ2v) is 9.44. The Morgan fingerprint density at radius 3 is 2.29 bits per heavy atom. The van der Waals surface area contributed by atoms with E-state index >= 15 is 0 Å². The van der Waals surface area contributed by atoms with Crippen LogP contribution >= 0.6 is 0 Å². The van der Waals surface area contributed by atoms with Gasteiger partial charge in [-0.25, -0.2) is 9.69 Å². The molecule has 0 radical (unpaired) electrons. The summed E-state index contributed by atoms with van der Waals surface area (Å²) in [7, 11) is 0. The zero-order valence-electron chi connectivity index (χ0n) is 19.3. The van der Waals surface area contributed by atoms with E-state index in [2.05, 4.69) is 33.3 Å². The van der Waals surface area contributed by atoms with Crippen LogP contribution in [-0.4, -0.2) is 48.4 Å². The van der Waals surface area contributed by atoms with E-state index in [-0.39, 0.29) is 6.42 Å². The van der Waals surface area contributed by atoms with Gasteiger partial charge in [-0.1, -0.05) is 66.7 Å². The van der Waals surface area contributed by atoms with Gasteiger partial charge in [0.25, 0.3) is 5.91 Å². The molecule has 3 aromatic carbocycles. The molecule has 3 aromatic rings. The number of amides is 4. The Hall–Kier alpha value is -3.97. The van der Waals surface area contributed by atoms with Crippen LogP contribution in [0, 0.1) is 5.41 Å². The van der Waals surface area contributed by atoms with E-state index in [0.717, 1.165) is 29.2 Å². The Balaban J connectivity index is 1.44. The molecule has 2 saturated heterocycles. The number of carbonyl (C=O) groups excluding carboxylic acids is 3. The third kappa shape index (κ3) is 3.42. The predicted molar refractivity (Wildman–Crippen MR) is 133 cm³/mol. The lowest BCUT2D eigenvalue weighted by atomic mass is 9.67. The molecule has 0 saturated carbocycles. The molecule has 4 amide bonds. The summed E-state index contributed by atoms with van der Waals surface area (Å²) in [6.45, 7) is 2.78. The van der Waals surface area contributed by atoms with Gasteiger partial charge in [-0.05, 0) is 35.7 Å². The van der Waals surface area contributed by atoms with Gasteiger partial charge in [-0.15, -0.1) is 0 Å². The molecule has 3 heterocycles. The first-order valence-electron chi connectivity index (χ1n) is 11.9. The maximum Gasteiger partial charge on any atom is 0.335 e. The number of hydrogen-bond acceptors (Lipinski definition) is 5. The van der Waals surface area contributed by atoms with Gasteiger partial charge in [0.05, 0.1) is 11.7 Å². The lowest BCUT2D eigenvalue weighted by molar-refractivity contribution is -0.145. The van der Waals surface area contributed by atoms with E-state index in [4.69, 9.17) is 0 Å². The van der Waals surface area contributed by atoms with Crippen molar-refractivity contribution in [3.8, 4) is 0 Å². The van der Waals surface area contributed by atoms with E-state index in [1.807, 2.05) is 42.5 Å². The topological polar surface area (TPSA) is 73.0 Å². The highest BCUT2D eigenvalue weighted by molar-refractivity contribution is 6.30. The molecule has 2 fully saturated rings. The van der Waals surface area contributed by atoms with Crippen LogP contribution in [0.4, 0.5) is 16.2 Å². The first-order valence-corrected chi connectivity index (χ1v) is 11.9. The van der Waals surface area contributed by atoms with Crippen molar-refractivity contribution in [1.82, 2.24) is 10.2 Å². The number of fused-ring (bicyclic) bond motifs is 4. The van der Waals surface area contributed by atoms with Crippen LogP contribution in [0.15, 0.2) is 84.9 Å². The molecular weight excluding hydrogens is 440 g/mol. The Kier molecular flexibility index (Phi) is 5.15. The molecule has 1 spiro atoms. The number of piperazine rings is 1. The Morgan fingerprint density at radius 2 is 1.51 bits per heavy atom. The molecule has 0 aliphatic carbocycles. The fraction of sp³-hybridized carbons (Fsp3) is 0.250. The van der Waals surface area contributed by atoms with Crippen molar-refractivity contribution < 1.29 is 14.4 Å². The van der Waals surface area contributed by atoms with Crippen LogP contribution in [0.25, 0.3) is 0 Å². The van der Waals surface area contributed by atoms with Crippen molar-refractivity contribution in [3.63, 3.8) is 0 Å². The number of nitrogens with zero attached hydrogens (tertiary/aromatic N) is 3. The monoisotopic (exact) mass is 466 g/mol. The molecule has 0 aromatic heterocycles. The normalized spacial score (nSPS) is 24.2. The van der Waals surface area contributed by atoms with Crippen molar-refractivity contribution in [3.05, 3.63) is 96.1 Å². The Bertz CT molecular complexity index is 1300. The molecule has 7 heteroatoms. The van der Waals surface area contributed by atoms with Gasteiger partial charge < -0.3 is 4.90 Å². The molecule has 6 rings (SSSR count). The molecule has 3 aliphatic heterocycles. The number of nitrogens with one attached hydrogen (secondary N) is 1. The van der Waals surface area contributed by atoms with Gasteiger partial charge >= 0.3 is 6.03 Å². The minimum Gasteiger partial charge on any atom is -0.364 e. The minimum atomic E-state index is -1.41. The molecule has 7 nitrogen and oxygen atoms in total. The van der Waals surface area contributed by atoms with E-state index in [1.165, 1.54) is 5.56 Å². The Labute approximate surface area is 203 Å². The number of urea groups is 1. The highest BCUT2D eigenvalue weighted by Gasteiger charge is 2.63. The fourth-order valence-corrected chi connectivity index (χ4v) is 5.81. The van der Waals surface area contributed by atoms with Gasteiger partial charge in [0.1, 0.15) is 0 Å². The third-order valence-electron chi connectivity index (χ3n) is 7.48. The SMILES string of the molecule is O=C1NC(=O)[C@@]2(Cc3ccccc3N3CCN(Cc4ccccc4)C[C@H]32)C(=O)N1c1ccccc1. The predicted octanol–water partition coefficient (Wildman–Crippen LogP) is 3.20. The number of hydrogen-bond donors (Lipinski definition) is 1. The molecule has 176 valence electrons. The molecule has 1 N–H and O–H groups in total. The van der Waals surface area contributed by atoms with E-state index in [0.29, 0.717) is 18.8 Å². The second kappa shape index (κ2) is 8.36. The zero-order chi connectivity index (χ0) is 24.0. The van der Waals surface area contributed by atoms with Gasteiger partial charge in [-0.2, -0.15) is 0 Å². The first-order chi connectivity index (χ1) is 17.1. The van der Waals surface area contributed by atoms with Crippen molar-refractivity contribution >= 4 is 29.2 Å². The molecule has 0 bridgehead atoms. The number of carbonyl (C=O) groups is 3. The third-order valence-corrected chi connectivity index (χ3v) is 7.48. The maximum atomic E-state index is 14.3. The highest BCUT2D eigenvalue weighted by atomic mass is 16.2. The minimum absolute atomic E-state index is 0.255. The van der Waals surface area contributed by atoms with Crippen LogP contribution in [-0.2, 0) is 22.6 Å². The molecule has 0 unspecified atom stereocenters. The number of para-hydroxylation sites is 2. The standard InChI is InChI=1S/C28H26N4O3/c33-25-28(26(34)32(27(35)29-25)22-12-5-2-6-13-22)17-21-11-7-8-14-23(21)31-16-15-30(19-24(28)31)18-20-9-3-1-4-10-20/h1-14,24H,15-19H2,(H,29,33,35)/t24-,28-/m0/s1. The quantitative estimate of drug-likeness (QED) is 0.601. The fourth-order valence-electron chi connectivity index (χ4n) is 5.81. The smallest absolute Gasteiger partial charge is 0.335 e. The summed E-state index contributed by atoms with van der Waals surface area (Å²) in [6, 6.07) is 25.9. The molecular formula is C28H26N4O3. The van der Waals surface area contributed by atoms with Gasteiger partial charge in [0.2, 0.25) is 5.91 Å². The van der Waals surface area contributed by atoms with E-state index in [1.54, 1.807) is 24.3 Å². The van der Waals surface area contributed by atoms with Crippen LogP contribution in [0.5, 0.6) is 0 Å². The first kappa shape index (κ1) is 21.6.